The fourth-order valence-corrected chi connectivity index (χ4v) is 2.83. The molecule has 2 aromatic heterocycles. The Labute approximate surface area is 145 Å². The highest BCUT2D eigenvalue weighted by Gasteiger charge is 2.12. The number of carbonyl (C=O) groups is 2. The maximum atomic E-state index is 11.8. The minimum absolute atomic E-state index is 0.150. The molecule has 0 aliphatic carbocycles. The molecule has 0 bridgehead atoms. The smallest absolute Gasteiger partial charge is 0.344 e. The summed E-state index contributed by atoms with van der Waals surface area (Å²) in [7, 11) is 0. The second kappa shape index (κ2) is 7.14. The summed E-state index contributed by atoms with van der Waals surface area (Å²) in [6.07, 6.45) is 1.62. The molecule has 2 heterocycles. The molecule has 0 saturated heterocycles. The Morgan fingerprint density at radius 2 is 2.08 bits per heavy atom. The summed E-state index contributed by atoms with van der Waals surface area (Å²) >= 11 is 1.30. The monoisotopic (exact) mass is 359 g/mol. The van der Waals surface area contributed by atoms with Crippen LogP contribution in [0.5, 0.6) is 5.75 Å². The summed E-state index contributed by atoms with van der Waals surface area (Å²) in [5, 5.41) is 1.74. The first-order chi connectivity index (χ1) is 12.0. The third kappa shape index (κ3) is 3.83. The van der Waals surface area contributed by atoms with E-state index in [1.54, 1.807) is 23.7 Å². The number of rotatable bonds is 6. The Balaban J connectivity index is 1.59. The van der Waals surface area contributed by atoms with E-state index in [2.05, 4.69) is 4.98 Å². The topological polar surface area (TPSA) is 113 Å². The van der Waals surface area contributed by atoms with Gasteiger partial charge in [-0.3, -0.25) is 14.0 Å². The lowest BCUT2D eigenvalue weighted by atomic mass is 10.2. The largest absolute Gasteiger partial charge is 0.481 e. The molecule has 3 rings (SSSR count). The summed E-state index contributed by atoms with van der Waals surface area (Å²) in [5.74, 6) is -1.12. The fourth-order valence-electron chi connectivity index (χ4n) is 2.09. The van der Waals surface area contributed by atoms with Crippen LogP contribution in [0.15, 0.2) is 46.7 Å². The zero-order chi connectivity index (χ0) is 17.8. The number of carbonyl (C=O) groups excluding carboxylic acids is 2. The van der Waals surface area contributed by atoms with Gasteiger partial charge in [0.2, 0.25) is 0 Å². The number of primary amides is 1. The van der Waals surface area contributed by atoms with Crippen LogP contribution in [0.2, 0.25) is 0 Å². The van der Waals surface area contributed by atoms with Crippen molar-refractivity contribution in [3.05, 3.63) is 63.5 Å². The predicted octanol–water partition coefficient (Wildman–Crippen LogP) is 0.977. The molecule has 9 heteroatoms. The van der Waals surface area contributed by atoms with Gasteiger partial charge in [0.05, 0.1) is 11.3 Å². The van der Waals surface area contributed by atoms with E-state index in [1.165, 1.54) is 33.9 Å². The summed E-state index contributed by atoms with van der Waals surface area (Å²) < 4.78 is 11.7. The number of para-hydroxylation sites is 1. The molecular formula is C16H13N3O5S. The van der Waals surface area contributed by atoms with Crippen molar-refractivity contribution in [1.29, 1.82) is 0 Å². The highest BCUT2D eigenvalue weighted by Crippen LogP contribution is 2.17. The standard InChI is InChI=1S/C16H13N3O5S/c17-15(22)11-3-1-2-4-12(11)23-9-14(21)24-8-10-7-13(20)19-5-6-25-16(19)18-10/h1-7H,8-9H2,(H2,17,22). The number of fused-ring (bicyclic) bond motifs is 1. The van der Waals surface area contributed by atoms with Gasteiger partial charge in [-0.1, -0.05) is 12.1 Å². The molecule has 1 aromatic carbocycles. The van der Waals surface area contributed by atoms with Gasteiger partial charge >= 0.3 is 5.97 Å². The third-order valence-electron chi connectivity index (χ3n) is 3.24. The van der Waals surface area contributed by atoms with Gasteiger partial charge in [0.15, 0.2) is 11.6 Å². The zero-order valence-corrected chi connectivity index (χ0v) is 13.7. The van der Waals surface area contributed by atoms with Gasteiger partial charge in [-0.05, 0) is 12.1 Å². The van der Waals surface area contributed by atoms with E-state index in [1.807, 2.05) is 0 Å². The first-order valence-corrected chi connectivity index (χ1v) is 8.05. The Bertz CT molecular complexity index is 995. The average molecular weight is 359 g/mol. The summed E-state index contributed by atoms with van der Waals surface area (Å²) in [6.45, 7) is -0.548. The molecule has 0 aliphatic heterocycles. The number of thiazole rings is 1. The normalized spacial score (nSPS) is 10.6. The van der Waals surface area contributed by atoms with Crippen LogP contribution in [-0.4, -0.2) is 27.9 Å². The maximum Gasteiger partial charge on any atom is 0.344 e. The van der Waals surface area contributed by atoms with E-state index in [-0.39, 0.29) is 23.5 Å². The van der Waals surface area contributed by atoms with Gasteiger partial charge in [-0.15, -0.1) is 11.3 Å². The van der Waals surface area contributed by atoms with E-state index >= 15 is 0 Å². The second-order valence-electron chi connectivity index (χ2n) is 4.95. The van der Waals surface area contributed by atoms with Gasteiger partial charge in [0.25, 0.3) is 11.5 Å². The predicted molar refractivity (Wildman–Crippen MR) is 89.6 cm³/mol. The molecule has 2 N–H and O–H groups in total. The van der Waals surface area contributed by atoms with E-state index < -0.39 is 18.5 Å². The number of hydrogen-bond donors (Lipinski definition) is 1. The Hall–Kier alpha value is -3.20. The van der Waals surface area contributed by atoms with E-state index in [0.29, 0.717) is 10.7 Å². The molecule has 0 fully saturated rings. The van der Waals surface area contributed by atoms with Crippen LogP contribution in [0, 0.1) is 0 Å². The van der Waals surface area contributed by atoms with Crippen LogP contribution >= 0.6 is 11.3 Å². The van der Waals surface area contributed by atoms with Crippen molar-refractivity contribution in [1.82, 2.24) is 9.38 Å². The minimum Gasteiger partial charge on any atom is -0.481 e. The number of nitrogens with two attached hydrogens (primary N) is 1. The van der Waals surface area contributed by atoms with Crippen molar-refractivity contribution in [2.75, 3.05) is 6.61 Å². The first-order valence-electron chi connectivity index (χ1n) is 7.17. The second-order valence-corrected chi connectivity index (χ2v) is 5.82. The maximum absolute atomic E-state index is 11.8. The molecule has 0 spiro atoms. The van der Waals surface area contributed by atoms with Crippen LogP contribution in [-0.2, 0) is 16.1 Å². The van der Waals surface area contributed by atoms with Crippen LogP contribution in [0.3, 0.4) is 0 Å². The van der Waals surface area contributed by atoms with Crippen LogP contribution in [0.1, 0.15) is 16.1 Å². The molecule has 0 saturated carbocycles. The van der Waals surface area contributed by atoms with Crippen LogP contribution in [0.25, 0.3) is 4.96 Å². The SMILES string of the molecule is NC(=O)c1ccccc1OCC(=O)OCc1cc(=O)n2ccsc2n1. The van der Waals surface area contributed by atoms with Crippen molar-refractivity contribution in [3.63, 3.8) is 0 Å². The van der Waals surface area contributed by atoms with Gasteiger partial charge < -0.3 is 15.2 Å². The molecule has 1 amide bonds. The molecule has 0 radical (unpaired) electrons. The first kappa shape index (κ1) is 16.7. The number of hydrogen-bond acceptors (Lipinski definition) is 7. The minimum atomic E-state index is -0.660. The average Bonchev–Trinajstić information content (AvgIpc) is 3.07. The van der Waals surface area contributed by atoms with E-state index in [9.17, 15) is 14.4 Å². The number of amides is 1. The van der Waals surface area contributed by atoms with Gasteiger partial charge in [-0.2, -0.15) is 0 Å². The molecule has 25 heavy (non-hydrogen) atoms. The summed E-state index contributed by atoms with van der Waals surface area (Å²) in [6, 6.07) is 7.62. The highest BCUT2D eigenvalue weighted by molar-refractivity contribution is 7.15. The number of nitrogens with zero attached hydrogens (tertiary/aromatic N) is 2. The zero-order valence-electron chi connectivity index (χ0n) is 12.9. The molecular weight excluding hydrogens is 346 g/mol. The highest BCUT2D eigenvalue weighted by atomic mass is 32.1. The fraction of sp³-hybridized carbons (Fsp3) is 0.125. The molecule has 8 nitrogen and oxygen atoms in total. The van der Waals surface area contributed by atoms with E-state index in [4.69, 9.17) is 15.2 Å². The quantitative estimate of drug-likeness (QED) is 0.656. The van der Waals surface area contributed by atoms with Crippen LogP contribution in [0.4, 0.5) is 0 Å². The lowest BCUT2D eigenvalue weighted by Gasteiger charge is -2.09. The number of benzene rings is 1. The third-order valence-corrected chi connectivity index (χ3v) is 3.99. The van der Waals surface area contributed by atoms with Crippen molar-refractivity contribution in [3.8, 4) is 5.75 Å². The molecule has 128 valence electrons. The number of ether oxygens (including phenoxy) is 2. The summed E-state index contributed by atoms with van der Waals surface area (Å²) in [5.41, 5.74) is 5.51. The molecule has 0 atom stereocenters. The molecule has 0 aliphatic rings. The van der Waals surface area contributed by atoms with Crippen molar-refractivity contribution < 1.29 is 19.1 Å². The lowest BCUT2D eigenvalue weighted by Crippen LogP contribution is -2.19. The van der Waals surface area contributed by atoms with Crippen molar-refractivity contribution in [2.45, 2.75) is 6.61 Å². The number of esters is 1. The van der Waals surface area contributed by atoms with Crippen LogP contribution < -0.4 is 16.0 Å². The Morgan fingerprint density at radius 3 is 2.88 bits per heavy atom. The van der Waals surface area contributed by atoms with Gasteiger partial charge in [0.1, 0.15) is 12.4 Å². The lowest BCUT2D eigenvalue weighted by molar-refractivity contribution is -0.147. The molecule has 0 unspecified atom stereocenters. The number of aromatic nitrogens is 2. The molecule has 3 aromatic rings. The summed E-state index contributed by atoms with van der Waals surface area (Å²) in [4.78, 5) is 39.7. The van der Waals surface area contributed by atoms with Gasteiger partial charge in [0, 0.05) is 17.6 Å². The van der Waals surface area contributed by atoms with Crippen molar-refractivity contribution >= 4 is 28.2 Å². The Morgan fingerprint density at radius 1 is 1.28 bits per heavy atom. The Kier molecular flexibility index (Phi) is 4.75. The van der Waals surface area contributed by atoms with Crippen molar-refractivity contribution in [2.24, 2.45) is 5.73 Å². The van der Waals surface area contributed by atoms with E-state index in [0.717, 1.165) is 0 Å². The van der Waals surface area contributed by atoms with Gasteiger partial charge in [-0.25, -0.2) is 9.78 Å².